The highest BCUT2D eigenvalue weighted by Gasteiger charge is 2.06. The average Bonchev–Trinajstić information content (AvgIpc) is 2.17. The van der Waals surface area contributed by atoms with Gasteiger partial charge in [-0.2, -0.15) is 5.26 Å². The maximum absolute atomic E-state index is 8.68. The van der Waals surface area contributed by atoms with E-state index in [1.165, 1.54) is 0 Å². The van der Waals surface area contributed by atoms with Crippen LogP contribution in [0.5, 0.6) is 0 Å². The van der Waals surface area contributed by atoms with Crippen LogP contribution >= 0.6 is 11.6 Å². The number of aromatic nitrogens is 1. The number of pyridine rings is 1. The van der Waals surface area contributed by atoms with Crippen LogP contribution in [0.3, 0.4) is 0 Å². The molecule has 0 radical (unpaired) electrons. The maximum Gasteiger partial charge on any atom is 0.0666 e. The van der Waals surface area contributed by atoms with Crippen LogP contribution < -0.4 is 0 Å². The minimum atomic E-state index is 0.0363. The maximum atomic E-state index is 8.68. The lowest BCUT2D eigenvalue weighted by Gasteiger charge is -2.17. The summed E-state index contributed by atoms with van der Waals surface area (Å²) in [4.78, 5) is 6.27. The lowest BCUT2D eigenvalue weighted by Crippen LogP contribution is -2.23. The van der Waals surface area contributed by atoms with Crippen molar-refractivity contribution in [2.45, 2.75) is 13.5 Å². The van der Waals surface area contributed by atoms with Crippen molar-refractivity contribution in [3.05, 3.63) is 29.0 Å². The number of halogens is 1. The van der Waals surface area contributed by atoms with Crippen LogP contribution in [0.15, 0.2) is 18.3 Å². The Morgan fingerprint density at radius 2 is 2.40 bits per heavy atom. The molecular formula is C11H14ClN3. The van der Waals surface area contributed by atoms with Crippen LogP contribution in [0.1, 0.15) is 12.6 Å². The molecule has 0 bridgehead atoms. The molecule has 15 heavy (non-hydrogen) atoms. The van der Waals surface area contributed by atoms with E-state index in [9.17, 15) is 0 Å². The molecule has 1 atom stereocenters. The van der Waals surface area contributed by atoms with Gasteiger partial charge in [-0.1, -0.05) is 11.6 Å². The van der Waals surface area contributed by atoms with Gasteiger partial charge < -0.3 is 0 Å². The first kappa shape index (κ1) is 12.0. The van der Waals surface area contributed by atoms with E-state index >= 15 is 0 Å². The van der Waals surface area contributed by atoms with E-state index in [4.69, 9.17) is 16.9 Å². The fourth-order valence-corrected chi connectivity index (χ4v) is 1.57. The molecular weight excluding hydrogens is 210 g/mol. The number of hydrogen-bond acceptors (Lipinski definition) is 3. The molecule has 0 aliphatic carbocycles. The quantitative estimate of drug-likeness (QED) is 0.787. The smallest absolute Gasteiger partial charge is 0.0666 e. The summed E-state index contributed by atoms with van der Waals surface area (Å²) in [5, 5.41) is 9.38. The highest BCUT2D eigenvalue weighted by atomic mass is 35.5. The number of hydrogen-bond donors (Lipinski definition) is 0. The second-order valence-corrected chi connectivity index (χ2v) is 4.13. The summed E-state index contributed by atoms with van der Waals surface area (Å²) in [6, 6.07) is 5.80. The Morgan fingerprint density at radius 1 is 1.67 bits per heavy atom. The summed E-state index contributed by atoms with van der Waals surface area (Å²) in [6.07, 6.45) is 1.69. The second-order valence-electron chi connectivity index (χ2n) is 3.69. The largest absolute Gasteiger partial charge is 0.299 e. The van der Waals surface area contributed by atoms with Gasteiger partial charge in [-0.3, -0.25) is 9.88 Å². The Labute approximate surface area is 95.3 Å². The van der Waals surface area contributed by atoms with Gasteiger partial charge in [-0.15, -0.1) is 0 Å². The van der Waals surface area contributed by atoms with E-state index in [0.717, 1.165) is 12.2 Å². The first-order valence-corrected chi connectivity index (χ1v) is 5.18. The third kappa shape index (κ3) is 4.28. The molecule has 0 saturated heterocycles. The summed E-state index contributed by atoms with van der Waals surface area (Å²) in [6.45, 7) is 3.36. The van der Waals surface area contributed by atoms with Gasteiger partial charge in [-0.05, 0) is 26.1 Å². The summed E-state index contributed by atoms with van der Waals surface area (Å²) in [5.41, 5.74) is 0.926. The zero-order valence-electron chi connectivity index (χ0n) is 8.94. The van der Waals surface area contributed by atoms with Gasteiger partial charge in [0, 0.05) is 24.3 Å². The summed E-state index contributed by atoms with van der Waals surface area (Å²) < 4.78 is 0. The Morgan fingerprint density at radius 3 is 3.00 bits per heavy atom. The fraction of sp³-hybridized carbons (Fsp3) is 0.455. The Balaban J connectivity index is 2.52. The third-order valence-corrected chi connectivity index (χ3v) is 2.25. The van der Waals surface area contributed by atoms with Crippen molar-refractivity contribution in [1.29, 1.82) is 5.26 Å². The van der Waals surface area contributed by atoms with Crippen molar-refractivity contribution in [2.24, 2.45) is 5.92 Å². The molecule has 1 aromatic rings. The Kier molecular flexibility index (Phi) is 4.54. The SMILES string of the molecule is CC(C#N)CN(C)Cc1cc(Cl)ccn1. The van der Waals surface area contributed by atoms with E-state index in [0.29, 0.717) is 11.6 Å². The van der Waals surface area contributed by atoms with E-state index in [-0.39, 0.29) is 5.92 Å². The van der Waals surface area contributed by atoms with Crippen LogP contribution in [0.4, 0.5) is 0 Å². The highest BCUT2D eigenvalue weighted by molar-refractivity contribution is 6.30. The first-order valence-electron chi connectivity index (χ1n) is 4.80. The zero-order chi connectivity index (χ0) is 11.3. The van der Waals surface area contributed by atoms with Gasteiger partial charge in [0.05, 0.1) is 17.7 Å². The lowest BCUT2D eigenvalue weighted by molar-refractivity contribution is 0.300. The van der Waals surface area contributed by atoms with Gasteiger partial charge in [0.15, 0.2) is 0 Å². The molecule has 80 valence electrons. The number of rotatable bonds is 4. The molecule has 0 spiro atoms. The molecule has 0 amide bonds. The van der Waals surface area contributed by atoms with Crippen LogP contribution in [0, 0.1) is 17.2 Å². The van der Waals surface area contributed by atoms with Crippen molar-refractivity contribution < 1.29 is 0 Å². The molecule has 0 fully saturated rings. The van der Waals surface area contributed by atoms with Gasteiger partial charge in [0.2, 0.25) is 0 Å². The topological polar surface area (TPSA) is 39.9 Å². The molecule has 1 heterocycles. The molecule has 1 unspecified atom stereocenters. The van der Waals surface area contributed by atoms with Gasteiger partial charge in [-0.25, -0.2) is 0 Å². The number of nitriles is 1. The molecule has 0 aliphatic heterocycles. The van der Waals surface area contributed by atoms with Gasteiger partial charge >= 0.3 is 0 Å². The lowest BCUT2D eigenvalue weighted by atomic mass is 10.2. The van der Waals surface area contributed by atoms with Crippen molar-refractivity contribution >= 4 is 11.6 Å². The van der Waals surface area contributed by atoms with Gasteiger partial charge in [0.25, 0.3) is 0 Å². The molecule has 0 saturated carbocycles. The minimum Gasteiger partial charge on any atom is -0.299 e. The minimum absolute atomic E-state index is 0.0363. The third-order valence-electron chi connectivity index (χ3n) is 2.02. The van der Waals surface area contributed by atoms with Crippen molar-refractivity contribution in [3.63, 3.8) is 0 Å². The summed E-state index contributed by atoms with van der Waals surface area (Å²) >= 11 is 5.85. The summed E-state index contributed by atoms with van der Waals surface area (Å²) in [7, 11) is 1.97. The molecule has 1 rings (SSSR count). The normalized spacial score (nSPS) is 12.5. The monoisotopic (exact) mass is 223 g/mol. The van der Waals surface area contributed by atoms with Gasteiger partial charge in [0.1, 0.15) is 0 Å². The van der Waals surface area contributed by atoms with Crippen LogP contribution in [-0.4, -0.2) is 23.5 Å². The standard InChI is InChI=1S/C11H14ClN3/c1-9(6-13)7-15(2)8-11-5-10(12)3-4-14-11/h3-5,9H,7-8H2,1-2H3. The molecule has 4 heteroatoms. The van der Waals surface area contributed by atoms with E-state index in [1.807, 2.05) is 20.0 Å². The molecule has 0 N–H and O–H groups in total. The second kappa shape index (κ2) is 5.69. The summed E-state index contributed by atoms with van der Waals surface area (Å²) in [5.74, 6) is 0.0363. The highest BCUT2D eigenvalue weighted by Crippen LogP contribution is 2.10. The van der Waals surface area contributed by atoms with E-state index in [1.54, 1.807) is 12.3 Å². The molecule has 0 aliphatic rings. The molecule has 3 nitrogen and oxygen atoms in total. The first-order chi connectivity index (χ1) is 7.11. The zero-order valence-corrected chi connectivity index (χ0v) is 9.70. The predicted molar refractivity (Wildman–Crippen MR) is 60.4 cm³/mol. The number of nitrogens with zero attached hydrogens (tertiary/aromatic N) is 3. The van der Waals surface area contributed by atoms with Crippen LogP contribution in [0.2, 0.25) is 5.02 Å². The van der Waals surface area contributed by atoms with Crippen LogP contribution in [-0.2, 0) is 6.54 Å². The van der Waals surface area contributed by atoms with Crippen molar-refractivity contribution in [1.82, 2.24) is 9.88 Å². The van der Waals surface area contributed by atoms with E-state index < -0.39 is 0 Å². The average molecular weight is 224 g/mol. The molecule has 1 aromatic heterocycles. The van der Waals surface area contributed by atoms with Crippen LogP contribution in [0.25, 0.3) is 0 Å². The Hall–Kier alpha value is -1.11. The van der Waals surface area contributed by atoms with Crippen molar-refractivity contribution in [3.8, 4) is 6.07 Å². The molecule has 0 aromatic carbocycles. The Bertz CT molecular complexity index is 359. The van der Waals surface area contributed by atoms with Crippen molar-refractivity contribution in [2.75, 3.05) is 13.6 Å². The fourth-order valence-electron chi connectivity index (χ4n) is 1.38. The predicted octanol–water partition coefficient (Wildman–Crippen LogP) is 2.33. The van der Waals surface area contributed by atoms with E-state index in [2.05, 4.69) is 16.0 Å².